The van der Waals surface area contributed by atoms with Crippen molar-refractivity contribution in [2.45, 2.75) is 12.8 Å². The summed E-state index contributed by atoms with van der Waals surface area (Å²) >= 11 is 5.84. The molecule has 0 aliphatic carbocycles. The van der Waals surface area contributed by atoms with Crippen LogP contribution in [-0.2, 0) is 0 Å². The van der Waals surface area contributed by atoms with Gasteiger partial charge in [0, 0.05) is 13.6 Å². The second kappa shape index (κ2) is 6.15. The van der Waals surface area contributed by atoms with E-state index in [1.807, 2.05) is 11.9 Å². The number of methoxy groups -OCH3 is 1. The molecule has 0 amide bonds. The number of hydrogen-bond donors (Lipinski definition) is 1. The Labute approximate surface area is 112 Å². The third-order valence-corrected chi connectivity index (χ3v) is 3.26. The number of halogens is 1. The second-order valence-electron chi connectivity index (χ2n) is 4.47. The van der Waals surface area contributed by atoms with E-state index < -0.39 is 0 Å². The summed E-state index contributed by atoms with van der Waals surface area (Å²) < 4.78 is 4.99. The van der Waals surface area contributed by atoms with E-state index in [9.17, 15) is 0 Å². The highest BCUT2D eigenvalue weighted by Crippen LogP contribution is 2.18. The molecular formula is C11H18ClN5O. The molecule has 7 heteroatoms. The normalized spacial score (nSPS) is 16.6. The van der Waals surface area contributed by atoms with Crippen LogP contribution in [0.3, 0.4) is 0 Å². The van der Waals surface area contributed by atoms with E-state index in [1.165, 1.54) is 20.0 Å². The van der Waals surface area contributed by atoms with Gasteiger partial charge in [-0.3, -0.25) is 0 Å². The maximum atomic E-state index is 5.84. The molecular weight excluding hydrogens is 254 g/mol. The molecule has 2 rings (SSSR count). The average molecular weight is 272 g/mol. The average Bonchev–Trinajstić information content (AvgIpc) is 2.39. The summed E-state index contributed by atoms with van der Waals surface area (Å²) in [5.41, 5.74) is 0. The van der Waals surface area contributed by atoms with E-state index in [2.05, 4.69) is 20.3 Å². The van der Waals surface area contributed by atoms with Crippen molar-refractivity contribution in [2.75, 3.05) is 38.7 Å². The lowest BCUT2D eigenvalue weighted by atomic mass is 9.98. The van der Waals surface area contributed by atoms with Crippen molar-refractivity contribution in [1.82, 2.24) is 20.3 Å². The Kier molecular flexibility index (Phi) is 4.54. The first-order chi connectivity index (χ1) is 8.69. The molecule has 6 nitrogen and oxygen atoms in total. The maximum Gasteiger partial charge on any atom is 0.322 e. The van der Waals surface area contributed by atoms with Gasteiger partial charge in [0.25, 0.3) is 0 Å². The number of rotatable bonds is 4. The van der Waals surface area contributed by atoms with Crippen LogP contribution < -0.4 is 15.0 Å². The van der Waals surface area contributed by atoms with Crippen LogP contribution in [0.25, 0.3) is 0 Å². The van der Waals surface area contributed by atoms with Crippen molar-refractivity contribution in [3.8, 4) is 6.01 Å². The zero-order valence-corrected chi connectivity index (χ0v) is 11.4. The number of piperidine rings is 1. The van der Waals surface area contributed by atoms with Gasteiger partial charge < -0.3 is 15.0 Å². The first-order valence-electron chi connectivity index (χ1n) is 6.06. The molecule has 0 atom stereocenters. The minimum atomic E-state index is 0.161. The van der Waals surface area contributed by atoms with Gasteiger partial charge >= 0.3 is 6.01 Å². The standard InChI is InChI=1S/C11H18ClN5O/c1-17(7-8-3-5-13-6-4-8)10-14-9(12)15-11(16-10)18-2/h8,13H,3-7H2,1-2H3. The lowest BCUT2D eigenvalue weighted by Gasteiger charge is -2.27. The molecule has 0 aromatic carbocycles. The summed E-state index contributed by atoms with van der Waals surface area (Å²) in [6, 6.07) is 0.252. The Morgan fingerprint density at radius 1 is 1.33 bits per heavy atom. The molecule has 0 saturated carbocycles. The minimum absolute atomic E-state index is 0.161. The first kappa shape index (κ1) is 13.3. The number of anilines is 1. The van der Waals surface area contributed by atoms with Crippen LogP contribution in [0.2, 0.25) is 5.28 Å². The Morgan fingerprint density at radius 3 is 2.72 bits per heavy atom. The molecule has 0 spiro atoms. The highest BCUT2D eigenvalue weighted by atomic mass is 35.5. The molecule has 1 aliphatic heterocycles. The largest absolute Gasteiger partial charge is 0.467 e. The lowest BCUT2D eigenvalue weighted by molar-refractivity contribution is 0.369. The maximum absolute atomic E-state index is 5.84. The van der Waals surface area contributed by atoms with Crippen LogP contribution in [0.15, 0.2) is 0 Å². The lowest BCUT2D eigenvalue weighted by Crippen LogP contribution is -2.35. The molecule has 0 unspecified atom stereocenters. The quantitative estimate of drug-likeness (QED) is 0.880. The summed E-state index contributed by atoms with van der Waals surface area (Å²) in [7, 11) is 3.48. The van der Waals surface area contributed by atoms with Crippen LogP contribution in [0.1, 0.15) is 12.8 Å². The fourth-order valence-corrected chi connectivity index (χ4v) is 2.27. The molecule has 1 aromatic heterocycles. The molecule has 1 fully saturated rings. The molecule has 1 aliphatic rings. The fourth-order valence-electron chi connectivity index (χ4n) is 2.12. The first-order valence-corrected chi connectivity index (χ1v) is 6.44. The molecule has 1 N–H and O–H groups in total. The van der Waals surface area contributed by atoms with Gasteiger partial charge in [0.1, 0.15) is 0 Å². The second-order valence-corrected chi connectivity index (χ2v) is 4.80. The third-order valence-electron chi connectivity index (χ3n) is 3.09. The number of ether oxygens (including phenoxy) is 1. The van der Waals surface area contributed by atoms with E-state index in [0.717, 1.165) is 19.6 Å². The van der Waals surface area contributed by atoms with Gasteiger partial charge in [-0.25, -0.2) is 0 Å². The third kappa shape index (κ3) is 3.43. The van der Waals surface area contributed by atoms with Crippen LogP contribution in [0, 0.1) is 5.92 Å². The smallest absolute Gasteiger partial charge is 0.322 e. The van der Waals surface area contributed by atoms with E-state index in [4.69, 9.17) is 16.3 Å². The van der Waals surface area contributed by atoms with Gasteiger partial charge in [0.15, 0.2) is 0 Å². The Bertz CT molecular complexity index is 397. The van der Waals surface area contributed by atoms with Gasteiger partial charge in [0.2, 0.25) is 11.2 Å². The molecule has 0 radical (unpaired) electrons. The van der Waals surface area contributed by atoms with Crippen LogP contribution in [0.4, 0.5) is 5.95 Å². The van der Waals surface area contributed by atoms with Crippen LogP contribution >= 0.6 is 11.6 Å². The van der Waals surface area contributed by atoms with Crippen LogP contribution in [0.5, 0.6) is 6.01 Å². The number of nitrogens with one attached hydrogen (secondary N) is 1. The van der Waals surface area contributed by atoms with Crippen molar-refractivity contribution in [1.29, 1.82) is 0 Å². The molecule has 18 heavy (non-hydrogen) atoms. The van der Waals surface area contributed by atoms with Gasteiger partial charge in [-0.2, -0.15) is 15.0 Å². The van der Waals surface area contributed by atoms with Crippen molar-refractivity contribution < 1.29 is 4.74 Å². The molecule has 1 aromatic rings. The van der Waals surface area contributed by atoms with Gasteiger partial charge in [-0.05, 0) is 43.5 Å². The van der Waals surface area contributed by atoms with Crippen molar-refractivity contribution in [2.24, 2.45) is 5.92 Å². The molecule has 2 heterocycles. The predicted molar refractivity (Wildman–Crippen MR) is 70.3 cm³/mol. The summed E-state index contributed by atoms with van der Waals surface area (Å²) in [5.74, 6) is 1.23. The summed E-state index contributed by atoms with van der Waals surface area (Å²) in [5, 5.41) is 3.52. The van der Waals surface area contributed by atoms with Gasteiger partial charge in [-0.15, -0.1) is 0 Å². The Morgan fingerprint density at radius 2 is 2.06 bits per heavy atom. The summed E-state index contributed by atoms with van der Waals surface area (Å²) in [6.45, 7) is 3.09. The van der Waals surface area contributed by atoms with Crippen molar-refractivity contribution in [3.63, 3.8) is 0 Å². The predicted octanol–water partition coefficient (Wildman–Crippen LogP) is 0.969. The highest BCUT2D eigenvalue weighted by molar-refractivity contribution is 6.28. The van der Waals surface area contributed by atoms with E-state index >= 15 is 0 Å². The van der Waals surface area contributed by atoms with Gasteiger partial charge in [0.05, 0.1) is 7.11 Å². The number of aromatic nitrogens is 3. The Balaban J connectivity index is 2.02. The van der Waals surface area contributed by atoms with Crippen molar-refractivity contribution >= 4 is 17.5 Å². The van der Waals surface area contributed by atoms with E-state index in [0.29, 0.717) is 11.9 Å². The van der Waals surface area contributed by atoms with Crippen molar-refractivity contribution in [3.05, 3.63) is 5.28 Å². The van der Waals surface area contributed by atoms with Gasteiger partial charge in [-0.1, -0.05) is 0 Å². The Hall–Kier alpha value is -1.14. The molecule has 1 saturated heterocycles. The minimum Gasteiger partial charge on any atom is -0.467 e. The van der Waals surface area contributed by atoms with Crippen LogP contribution in [-0.4, -0.2) is 48.7 Å². The highest BCUT2D eigenvalue weighted by Gasteiger charge is 2.17. The fraction of sp³-hybridized carbons (Fsp3) is 0.727. The summed E-state index contributed by atoms with van der Waals surface area (Å²) in [4.78, 5) is 14.2. The zero-order chi connectivity index (χ0) is 13.0. The SMILES string of the molecule is COc1nc(Cl)nc(N(C)CC2CCNCC2)n1. The topological polar surface area (TPSA) is 63.2 Å². The zero-order valence-electron chi connectivity index (χ0n) is 10.7. The number of nitrogens with zero attached hydrogens (tertiary/aromatic N) is 4. The monoisotopic (exact) mass is 271 g/mol. The van der Waals surface area contributed by atoms with E-state index in [1.54, 1.807) is 0 Å². The van der Waals surface area contributed by atoms with E-state index in [-0.39, 0.29) is 11.3 Å². The number of hydrogen-bond acceptors (Lipinski definition) is 6. The molecule has 0 bridgehead atoms. The molecule has 100 valence electrons. The summed E-state index contributed by atoms with van der Waals surface area (Å²) in [6.07, 6.45) is 2.36.